The molecular weight excluding hydrogens is 414 g/mol. The molecule has 0 N–H and O–H groups in total. The summed E-state index contributed by atoms with van der Waals surface area (Å²) < 4.78 is 8.53. The van der Waals surface area contributed by atoms with Gasteiger partial charge in [-0.1, -0.05) is 78.9 Å². The molecule has 2 aromatic heterocycles. The fraction of sp³-hybridized carbons (Fsp3) is 0.0625. The van der Waals surface area contributed by atoms with E-state index in [1.807, 2.05) is 18.2 Å². The zero-order chi connectivity index (χ0) is 23.2. The molecule has 0 amide bonds. The van der Waals surface area contributed by atoms with Crippen LogP contribution < -0.4 is 0 Å². The average molecular weight is 440 g/mol. The molecule has 0 bridgehead atoms. The standard InChI is InChI=1S/C32H25NO/c1-4-9-29-25(5-2)26-16-14-23(22-11-8-10-21(3)18-22)19-30(26)33(29)24-15-17-28-27-12-6-7-13-31(27)34-32(28)20-24/h4-20H,2H2,1,3H3/b9-4-. The number of fused-ring (bicyclic) bond motifs is 4. The fourth-order valence-corrected chi connectivity index (χ4v) is 5.01. The number of aromatic nitrogens is 1. The van der Waals surface area contributed by atoms with E-state index in [2.05, 4.69) is 110 Å². The highest BCUT2D eigenvalue weighted by Crippen LogP contribution is 2.36. The zero-order valence-electron chi connectivity index (χ0n) is 19.4. The van der Waals surface area contributed by atoms with Gasteiger partial charge in [0.25, 0.3) is 0 Å². The number of nitrogens with zero attached hydrogens (tertiary/aromatic N) is 1. The molecule has 0 aliphatic rings. The van der Waals surface area contributed by atoms with Crippen molar-refractivity contribution in [2.24, 2.45) is 0 Å². The maximum Gasteiger partial charge on any atom is 0.137 e. The van der Waals surface area contributed by atoms with Crippen LogP contribution >= 0.6 is 0 Å². The Morgan fingerprint density at radius 3 is 2.38 bits per heavy atom. The van der Waals surface area contributed by atoms with Crippen LogP contribution in [0, 0.1) is 6.92 Å². The lowest BCUT2D eigenvalue weighted by Gasteiger charge is -2.11. The Labute approximate surface area is 199 Å². The van der Waals surface area contributed by atoms with Crippen LogP contribution in [0.3, 0.4) is 0 Å². The molecule has 0 saturated heterocycles. The van der Waals surface area contributed by atoms with E-state index in [1.165, 1.54) is 22.1 Å². The maximum absolute atomic E-state index is 6.21. The highest BCUT2D eigenvalue weighted by atomic mass is 16.3. The van der Waals surface area contributed by atoms with E-state index < -0.39 is 0 Å². The van der Waals surface area contributed by atoms with Crippen molar-refractivity contribution in [2.75, 3.05) is 0 Å². The molecule has 6 rings (SSSR count). The Hall–Kier alpha value is -4.30. The summed E-state index contributed by atoms with van der Waals surface area (Å²) in [5, 5.41) is 3.46. The van der Waals surface area contributed by atoms with Gasteiger partial charge in [0.2, 0.25) is 0 Å². The summed E-state index contributed by atoms with van der Waals surface area (Å²) in [7, 11) is 0. The minimum Gasteiger partial charge on any atom is -0.456 e. The third-order valence-electron chi connectivity index (χ3n) is 6.55. The van der Waals surface area contributed by atoms with Gasteiger partial charge in [-0.05, 0) is 55.3 Å². The van der Waals surface area contributed by atoms with Gasteiger partial charge in [0.1, 0.15) is 11.2 Å². The van der Waals surface area contributed by atoms with Crippen molar-refractivity contribution < 1.29 is 4.42 Å². The van der Waals surface area contributed by atoms with Crippen LogP contribution in [0.4, 0.5) is 0 Å². The van der Waals surface area contributed by atoms with Gasteiger partial charge >= 0.3 is 0 Å². The van der Waals surface area contributed by atoms with Crippen molar-refractivity contribution in [2.45, 2.75) is 13.8 Å². The summed E-state index contributed by atoms with van der Waals surface area (Å²) in [6.45, 7) is 8.32. The molecule has 0 aliphatic carbocycles. The van der Waals surface area contributed by atoms with Gasteiger partial charge < -0.3 is 8.98 Å². The molecule has 4 aromatic carbocycles. The zero-order valence-corrected chi connectivity index (χ0v) is 19.4. The summed E-state index contributed by atoms with van der Waals surface area (Å²) in [4.78, 5) is 0. The Morgan fingerprint density at radius 2 is 1.56 bits per heavy atom. The highest BCUT2D eigenvalue weighted by molar-refractivity contribution is 6.05. The lowest BCUT2D eigenvalue weighted by molar-refractivity contribution is 0.668. The first kappa shape index (κ1) is 20.3. The van der Waals surface area contributed by atoms with Gasteiger partial charge in [0, 0.05) is 33.5 Å². The average Bonchev–Trinajstić information content (AvgIpc) is 3.38. The summed E-state index contributed by atoms with van der Waals surface area (Å²) in [6.07, 6.45) is 6.20. The first-order chi connectivity index (χ1) is 16.7. The largest absolute Gasteiger partial charge is 0.456 e. The van der Waals surface area contributed by atoms with E-state index >= 15 is 0 Å². The number of hydrogen-bond donors (Lipinski definition) is 0. The van der Waals surface area contributed by atoms with Crippen molar-refractivity contribution in [3.63, 3.8) is 0 Å². The molecule has 2 heterocycles. The van der Waals surface area contributed by atoms with Gasteiger partial charge in [0.05, 0.1) is 11.2 Å². The highest BCUT2D eigenvalue weighted by Gasteiger charge is 2.17. The molecule has 0 radical (unpaired) electrons. The van der Waals surface area contributed by atoms with Crippen LogP contribution in [0.2, 0.25) is 0 Å². The minimum absolute atomic E-state index is 0.891. The third kappa shape index (κ3) is 3.11. The first-order valence-corrected chi connectivity index (χ1v) is 11.6. The number of para-hydroxylation sites is 1. The van der Waals surface area contributed by atoms with Crippen LogP contribution in [0.1, 0.15) is 23.7 Å². The Morgan fingerprint density at radius 1 is 0.765 bits per heavy atom. The van der Waals surface area contributed by atoms with Gasteiger partial charge in [-0.3, -0.25) is 0 Å². The van der Waals surface area contributed by atoms with E-state index in [0.717, 1.165) is 44.4 Å². The molecule has 0 fully saturated rings. The molecule has 2 nitrogen and oxygen atoms in total. The van der Waals surface area contributed by atoms with Crippen LogP contribution in [-0.4, -0.2) is 4.57 Å². The number of furan rings is 1. The Bertz CT molecular complexity index is 1740. The summed E-state index contributed by atoms with van der Waals surface area (Å²) >= 11 is 0. The van der Waals surface area contributed by atoms with Crippen molar-refractivity contribution in [1.82, 2.24) is 4.57 Å². The number of hydrogen-bond acceptors (Lipinski definition) is 1. The van der Waals surface area contributed by atoms with Crippen LogP contribution in [0.15, 0.2) is 102 Å². The predicted molar refractivity (Wildman–Crippen MR) is 146 cm³/mol. The van der Waals surface area contributed by atoms with Crippen molar-refractivity contribution in [3.8, 4) is 16.8 Å². The minimum atomic E-state index is 0.891. The monoisotopic (exact) mass is 439 g/mol. The molecule has 34 heavy (non-hydrogen) atoms. The predicted octanol–water partition coefficient (Wildman–Crippen LogP) is 9.18. The molecular formula is C32H25NO. The Kier molecular flexibility index (Phi) is 4.74. The fourth-order valence-electron chi connectivity index (χ4n) is 5.01. The summed E-state index contributed by atoms with van der Waals surface area (Å²) in [6, 6.07) is 30.1. The molecule has 2 heteroatoms. The molecule has 164 valence electrons. The lowest BCUT2D eigenvalue weighted by atomic mass is 10.0. The maximum atomic E-state index is 6.21. The van der Waals surface area contributed by atoms with E-state index in [4.69, 9.17) is 4.42 Å². The van der Waals surface area contributed by atoms with Crippen molar-refractivity contribution in [3.05, 3.63) is 114 Å². The number of rotatable bonds is 4. The van der Waals surface area contributed by atoms with Crippen LogP contribution in [-0.2, 0) is 0 Å². The van der Waals surface area contributed by atoms with E-state index in [1.54, 1.807) is 0 Å². The van der Waals surface area contributed by atoms with Gasteiger partial charge in [-0.15, -0.1) is 0 Å². The lowest BCUT2D eigenvalue weighted by Crippen LogP contribution is -1.97. The van der Waals surface area contributed by atoms with Gasteiger partial charge in [0.15, 0.2) is 0 Å². The smallest absolute Gasteiger partial charge is 0.137 e. The summed E-state index contributed by atoms with van der Waals surface area (Å²) in [5.41, 5.74) is 9.94. The van der Waals surface area contributed by atoms with Crippen LogP contribution in [0.5, 0.6) is 0 Å². The normalized spacial score (nSPS) is 11.8. The number of allylic oxidation sites excluding steroid dienone is 1. The first-order valence-electron chi connectivity index (χ1n) is 11.6. The second-order valence-corrected chi connectivity index (χ2v) is 8.72. The third-order valence-corrected chi connectivity index (χ3v) is 6.55. The second kappa shape index (κ2) is 7.93. The van der Waals surface area contributed by atoms with E-state index in [-0.39, 0.29) is 0 Å². The SMILES string of the molecule is C=Cc1c(/C=C\C)n(-c2ccc3c(c2)oc2ccccc23)c2cc(-c3cccc(C)c3)ccc12. The van der Waals surface area contributed by atoms with Crippen LogP contribution in [0.25, 0.3) is 61.8 Å². The summed E-state index contributed by atoms with van der Waals surface area (Å²) in [5.74, 6) is 0. The van der Waals surface area contributed by atoms with E-state index in [9.17, 15) is 0 Å². The van der Waals surface area contributed by atoms with Crippen molar-refractivity contribution in [1.29, 1.82) is 0 Å². The second-order valence-electron chi connectivity index (χ2n) is 8.72. The van der Waals surface area contributed by atoms with Gasteiger partial charge in [-0.25, -0.2) is 0 Å². The van der Waals surface area contributed by atoms with E-state index in [0.29, 0.717) is 0 Å². The molecule has 0 spiro atoms. The number of aryl methyl sites for hydroxylation is 1. The Balaban J connectivity index is 1.66. The number of benzene rings is 4. The molecule has 0 aliphatic heterocycles. The molecule has 0 unspecified atom stereocenters. The molecule has 0 saturated carbocycles. The molecule has 0 atom stereocenters. The molecule has 6 aromatic rings. The quantitative estimate of drug-likeness (QED) is 0.268. The van der Waals surface area contributed by atoms with Gasteiger partial charge in [-0.2, -0.15) is 0 Å². The topological polar surface area (TPSA) is 18.1 Å². The van der Waals surface area contributed by atoms with Crippen molar-refractivity contribution >= 4 is 45.0 Å².